The van der Waals surface area contributed by atoms with Gasteiger partial charge in [0.05, 0.1) is 6.54 Å². The van der Waals surface area contributed by atoms with E-state index in [0.717, 1.165) is 17.0 Å². The summed E-state index contributed by atoms with van der Waals surface area (Å²) in [6.07, 6.45) is 0. The van der Waals surface area contributed by atoms with Gasteiger partial charge in [-0.2, -0.15) is 0 Å². The number of anilines is 1. The minimum absolute atomic E-state index is 0.215. The van der Waals surface area contributed by atoms with Gasteiger partial charge in [0.15, 0.2) is 0 Å². The van der Waals surface area contributed by atoms with Gasteiger partial charge in [0.1, 0.15) is 12.4 Å². The quantitative estimate of drug-likeness (QED) is 0.686. The minimum Gasteiger partial charge on any atom is -0.492 e. The van der Waals surface area contributed by atoms with Crippen molar-refractivity contribution in [3.8, 4) is 5.75 Å². The minimum atomic E-state index is -0.215. The number of hydrogen-bond acceptors (Lipinski definition) is 2. The Morgan fingerprint density at radius 2 is 1.76 bits per heavy atom. The Balaban J connectivity index is 1.79. The second-order valence-electron chi connectivity index (χ2n) is 6.70. The molecular weight excluding hydrogens is 312 g/mol. The van der Waals surface area contributed by atoms with Crippen molar-refractivity contribution in [1.82, 2.24) is 5.32 Å². The molecule has 134 valence electrons. The number of ether oxygens (including phenoxy) is 1. The lowest BCUT2D eigenvalue weighted by atomic mass is 10.0. The highest BCUT2D eigenvalue weighted by Crippen LogP contribution is 2.23. The largest absolute Gasteiger partial charge is 0.492 e. The molecule has 0 aliphatic heterocycles. The van der Waals surface area contributed by atoms with Crippen LogP contribution in [0.15, 0.2) is 48.5 Å². The number of urea groups is 1. The van der Waals surface area contributed by atoms with E-state index in [9.17, 15) is 4.79 Å². The number of rotatable bonds is 7. The fourth-order valence-electron chi connectivity index (χ4n) is 2.58. The fraction of sp³-hybridized carbons (Fsp3) is 0.381. The summed E-state index contributed by atoms with van der Waals surface area (Å²) in [5, 5.41) is 5.74. The molecule has 0 heterocycles. The number of carbonyl (C=O) groups is 1. The predicted octanol–water partition coefficient (Wildman–Crippen LogP) is 5.13. The van der Waals surface area contributed by atoms with Crippen molar-refractivity contribution < 1.29 is 9.53 Å². The van der Waals surface area contributed by atoms with Crippen molar-refractivity contribution in [2.24, 2.45) is 0 Å². The first-order valence-electron chi connectivity index (χ1n) is 8.84. The van der Waals surface area contributed by atoms with Crippen LogP contribution in [0.3, 0.4) is 0 Å². The number of amides is 2. The summed E-state index contributed by atoms with van der Waals surface area (Å²) in [6, 6.07) is 15.7. The van der Waals surface area contributed by atoms with Crippen LogP contribution in [0.4, 0.5) is 10.5 Å². The fourth-order valence-corrected chi connectivity index (χ4v) is 2.58. The molecule has 0 bridgehead atoms. The average molecular weight is 340 g/mol. The maximum atomic E-state index is 12.1. The van der Waals surface area contributed by atoms with Crippen molar-refractivity contribution >= 4 is 11.7 Å². The van der Waals surface area contributed by atoms with E-state index < -0.39 is 0 Å². The molecule has 0 saturated carbocycles. The van der Waals surface area contributed by atoms with Crippen LogP contribution in [0.1, 0.15) is 50.7 Å². The van der Waals surface area contributed by atoms with Crippen LogP contribution in [-0.2, 0) is 0 Å². The Kier molecular flexibility index (Phi) is 6.87. The van der Waals surface area contributed by atoms with Gasteiger partial charge >= 0.3 is 6.03 Å². The van der Waals surface area contributed by atoms with Gasteiger partial charge in [-0.1, -0.05) is 58.0 Å². The molecule has 0 unspecified atom stereocenters. The van der Waals surface area contributed by atoms with E-state index in [0.29, 0.717) is 25.0 Å². The maximum absolute atomic E-state index is 12.1. The van der Waals surface area contributed by atoms with Crippen molar-refractivity contribution in [2.75, 3.05) is 18.5 Å². The van der Waals surface area contributed by atoms with Gasteiger partial charge in [-0.3, -0.25) is 0 Å². The third kappa shape index (κ3) is 5.82. The zero-order valence-corrected chi connectivity index (χ0v) is 15.5. The number of nitrogens with one attached hydrogen (secondary N) is 2. The van der Waals surface area contributed by atoms with Crippen LogP contribution >= 0.6 is 0 Å². The van der Waals surface area contributed by atoms with Crippen LogP contribution < -0.4 is 15.4 Å². The molecule has 0 radical (unpaired) electrons. The molecule has 2 N–H and O–H groups in total. The monoisotopic (exact) mass is 340 g/mol. The van der Waals surface area contributed by atoms with Gasteiger partial charge in [0.2, 0.25) is 0 Å². The molecule has 4 nitrogen and oxygen atoms in total. The molecule has 2 aromatic rings. The molecule has 0 spiro atoms. The van der Waals surface area contributed by atoms with E-state index in [1.807, 2.05) is 42.5 Å². The van der Waals surface area contributed by atoms with Gasteiger partial charge in [0.25, 0.3) is 0 Å². The average Bonchev–Trinajstić information content (AvgIpc) is 2.59. The van der Waals surface area contributed by atoms with Crippen LogP contribution in [0.25, 0.3) is 0 Å². The van der Waals surface area contributed by atoms with Gasteiger partial charge in [-0.25, -0.2) is 4.79 Å². The molecule has 0 saturated heterocycles. The van der Waals surface area contributed by atoms with Crippen LogP contribution in [0.5, 0.6) is 5.75 Å². The summed E-state index contributed by atoms with van der Waals surface area (Å²) in [7, 11) is 0. The second kappa shape index (κ2) is 9.11. The molecule has 2 amide bonds. The normalized spacial score (nSPS) is 10.8. The Bertz CT molecular complexity index is 696. The maximum Gasteiger partial charge on any atom is 0.319 e. The lowest BCUT2D eigenvalue weighted by Gasteiger charge is -2.14. The number of benzene rings is 2. The van der Waals surface area contributed by atoms with E-state index in [4.69, 9.17) is 4.74 Å². The third-order valence-electron chi connectivity index (χ3n) is 4.01. The van der Waals surface area contributed by atoms with Crippen LogP contribution in [-0.4, -0.2) is 19.2 Å². The van der Waals surface area contributed by atoms with Gasteiger partial charge < -0.3 is 15.4 Å². The Labute approximate surface area is 150 Å². The molecule has 2 aromatic carbocycles. The highest BCUT2D eigenvalue weighted by molar-refractivity contribution is 5.90. The Morgan fingerprint density at radius 1 is 1.00 bits per heavy atom. The topological polar surface area (TPSA) is 50.4 Å². The molecule has 0 aliphatic carbocycles. The highest BCUT2D eigenvalue weighted by Gasteiger charge is 2.08. The van der Waals surface area contributed by atoms with E-state index >= 15 is 0 Å². The molecule has 2 rings (SSSR count). The van der Waals surface area contributed by atoms with E-state index in [-0.39, 0.29) is 6.03 Å². The molecular formula is C21H28N2O2. The first kappa shape index (κ1) is 18.8. The zero-order valence-electron chi connectivity index (χ0n) is 15.5. The van der Waals surface area contributed by atoms with Gasteiger partial charge in [-0.05, 0) is 41.2 Å². The summed E-state index contributed by atoms with van der Waals surface area (Å²) >= 11 is 0. The molecule has 4 heteroatoms. The summed E-state index contributed by atoms with van der Waals surface area (Å²) < 4.78 is 5.72. The van der Waals surface area contributed by atoms with Crippen molar-refractivity contribution in [3.63, 3.8) is 0 Å². The van der Waals surface area contributed by atoms with Crippen LogP contribution in [0, 0.1) is 0 Å². The summed E-state index contributed by atoms with van der Waals surface area (Å²) in [6.45, 7) is 9.40. The first-order chi connectivity index (χ1) is 12.0. The number of para-hydroxylation sites is 1. The summed E-state index contributed by atoms with van der Waals surface area (Å²) in [5.74, 6) is 1.65. The summed E-state index contributed by atoms with van der Waals surface area (Å²) in [5.41, 5.74) is 3.22. The van der Waals surface area contributed by atoms with Gasteiger partial charge in [0, 0.05) is 5.69 Å². The number of hydrogen-bond donors (Lipinski definition) is 2. The molecule has 0 aliphatic rings. The highest BCUT2D eigenvalue weighted by atomic mass is 16.5. The zero-order chi connectivity index (χ0) is 18.2. The molecule has 25 heavy (non-hydrogen) atoms. The second-order valence-corrected chi connectivity index (χ2v) is 6.70. The van der Waals surface area contributed by atoms with Crippen LogP contribution in [0.2, 0.25) is 0 Å². The smallest absolute Gasteiger partial charge is 0.319 e. The SMILES string of the molecule is CC(C)c1cccc(OCCNC(=O)Nc2ccccc2C(C)C)c1. The van der Waals surface area contributed by atoms with E-state index in [1.165, 1.54) is 5.56 Å². The standard InChI is InChI=1S/C21H28N2O2/c1-15(2)17-8-7-9-18(14-17)25-13-12-22-21(24)23-20-11-6-5-10-19(20)16(3)4/h5-11,14-16H,12-13H2,1-4H3,(H2,22,23,24). The first-order valence-corrected chi connectivity index (χ1v) is 8.84. The predicted molar refractivity (Wildman–Crippen MR) is 104 cm³/mol. The lowest BCUT2D eigenvalue weighted by Crippen LogP contribution is -2.32. The van der Waals surface area contributed by atoms with Crippen molar-refractivity contribution in [3.05, 3.63) is 59.7 Å². The molecule has 0 atom stereocenters. The Hall–Kier alpha value is -2.49. The van der Waals surface area contributed by atoms with E-state index in [1.54, 1.807) is 0 Å². The molecule has 0 aromatic heterocycles. The Morgan fingerprint density at radius 3 is 2.48 bits per heavy atom. The van der Waals surface area contributed by atoms with Crippen molar-refractivity contribution in [2.45, 2.75) is 39.5 Å². The third-order valence-corrected chi connectivity index (χ3v) is 4.01. The summed E-state index contributed by atoms with van der Waals surface area (Å²) in [4.78, 5) is 12.1. The van der Waals surface area contributed by atoms with E-state index in [2.05, 4.69) is 44.4 Å². The lowest BCUT2D eigenvalue weighted by molar-refractivity contribution is 0.247. The molecule has 0 fully saturated rings. The van der Waals surface area contributed by atoms with Gasteiger partial charge in [-0.15, -0.1) is 0 Å². The number of carbonyl (C=O) groups excluding carboxylic acids is 1. The van der Waals surface area contributed by atoms with Crippen molar-refractivity contribution in [1.29, 1.82) is 0 Å².